The van der Waals surface area contributed by atoms with Crippen molar-refractivity contribution in [1.29, 1.82) is 0 Å². The van der Waals surface area contributed by atoms with Gasteiger partial charge in [0.05, 0.1) is 8.07 Å². The van der Waals surface area contributed by atoms with Gasteiger partial charge in [0.2, 0.25) is 0 Å². The van der Waals surface area contributed by atoms with Gasteiger partial charge in [-0.1, -0.05) is 93.4 Å². The van der Waals surface area contributed by atoms with Crippen LogP contribution in [0.2, 0.25) is 45.3 Å². The highest BCUT2D eigenvalue weighted by molar-refractivity contribution is 8.22. The number of hydrogen-bond donors (Lipinski definition) is 0. The zero-order valence-corrected chi connectivity index (χ0v) is 18.1. The van der Waals surface area contributed by atoms with Crippen LogP contribution in [0.4, 0.5) is 0 Å². The minimum absolute atomic E-state index is 0.904. The number of hydrogen-bond acceptors (Lipinski definition) is 2. The average molecular weight is 355 g/mol. The van der Waals surface area contributed by atoms with Crippen molar-refractivity contribution in [2.45, 2.75) is 63.9 Å². The number of rotatable bonds is 7. The minimum atomic E-state index is -1.20. The Kier molecular flexibility index (Phi) is 7.37. The molecule has 0 amide bonds. The number of thioether (sulfide) groups is 1. The lowest BCUT2D eigenvalue weighted by atomic mass is 10.2. The molecule has 0 N–H and O–H groups in total. The van der Waals surface area contributed by atoms with Crippen LogP contribution in [0.15, 0.2) is 24.3 Å². The Morgan fingerprint density at radius 2 is 1.76 bits per heavy atom. The Balaban J connectivity index is 2.43. The maximum Gasteiger partial charge on any atom is 0.0776 e. The maximum absolute atomic E-state index is 5.53. The van der Waals surface area contributed by atoms with E-state index in [1.807, 2.05) is 11.8 Å². The molecule has 21 heavy (non-hydrogen) atoms. The molecule has 1 rings (SSSR count). The van der Waals surface area contributed by atoms with E-state index in [0.29, 0.717) is 0 Å². The Morgan fingerprint density at radius 3 is 2.33 bits per heavy atom. The molecule has 0 nitrogen and oxygen atoms in total. The van der Waals surface area contributed by atoms with Crippen molar-refractivity contribution in [2.24, 2.45) is 0 Å². The summed E-state index contributed by atoms with van der Waals surface area (Å²) in [6.45, 7) is 14.5. The fourth-order valence-electron chi connectivity index (χ4n) is 2.13. The summed E-state index contributed by atoms with van der Waals surface area (Å²) in [7, 11) is -2.10. The SMILES string of the molecule is C[Si](C)(C)CCCC(=S)SCc1cccc([Si](C)(C)C)c1. The molecule has 0 fully saturated rings. The van der Waals surface area contributed by atoms with Crippen LogP contribution in [0.1, 0.15) is 18.4 Å². The van der Waals surface area contributed by atoms with Gasteiger partial charge in [-0.25, -0.2) is 0 Å². The number of benzene rings is 1. The van der Waals surface area contributed by atoms with E-state index in [4.69, 9.17) is 12.2 Å². The van der Waals surface area contributed by atoms with Crippen molar-refractivity contribution in [2.75, 3.05) is 0 Å². The van der Waals surface area contributed by atoms with Gasteiger partial charge in [-0.15, -0.1) is 11.8 Å². The number of thiocarbonyl (C=S) groups is 1. The molecule has 0 saturated heterocycles. The summed E-state index contributed by atoms with van der Waals surface area (Å²) >= 11 is 7.40. The first kappa shape index (κ1) is 19.1. The molecule has 0 bridgehead atoms. The van der Waals surface area contributed by atoms with Crippen LogP contribution in [-0.2, 0) is 5.75 Å². The van der Waals surface area contributed by atoms with E-state index in [1.165, 1.54) is 22.2 Å². The minimum Gasteiger partial charge on any atom is -0.114 e. The fourth-order valence-corrected chi connectivity index (χ4v) is 5.70. The van der Waals surface area contributed by atoms with Crippen LogP contribution in [0.3, 0.4) is 0 Å². The lowest BCUT2D eigenvalue weighted by molar-refractivity contribution is 0.983. The molecule has 0 saturated carbocycles. The van der Waals surface area contributed by atoms with Crippen molar-refractivity contribution >= 4 is 49.5 Å². The van der Waals surface area contributed by atoms with E-state index in [9.17, 15) is 0 Å². The predicted molar refractivity (Wildman–Crippen MR) is 111 cm³/mol. The Labute approximate surface area is 143 Å². The lowest BCUT2D eigenvalue weighted by Crippen LogP contribution is -2.37. The molecule has 0 aromatic heterocycles. The molecule has 0 aliphatic carbocycles. The fraction of sp³-hybridized carbons (Fsp3) is 0.588. The van der Waals surface area contributed by atoms with Gasteiger partial charge in [-0.05, 0) is 12.0 Å². The average Bonchev–Trinajstić information content (AvgIpc) is 2.34. The van der Waals surface area contributed by atoms with E-state index in [0.717, 1.165) is 12.2 Å². The predicted octanol–water partition coefficient (Wildman–Crippen LogP) is 5.91. The third-order valence-corrected chi connectivity index (χ3v) is 8.96. The van der Waals surface area contributed by atoms with Crippen LogP contribution >= 0.6 is 24.0 Å². The molecule has 1 aromatic carbocycles. The largest absolute Gasteiger partial charge is 0.114 e. The summed E-state index contributed by atoms with van der Waals surface area (Å²) in [4.78, 5) is 0. The molecular formula is C17H30S2Si2. The third kappa shape index (κ3) is 8.33. The van der Waals surface area contributed by atoms with Crippen LogP contribution in [0.25, 0.3) is 0 Å². The van der Waals surface area contributed by atoms with Gasteiger partial charge in [0.15, 0.2) is 0 Å². The van der Waals surface area contributed by atoms with Crippen LogP contribution in [0, 0.1) is 0 Å². The molecule has 0 spiro atoms. The lowest BCUT2D eigenvalue weighted by Gasteiger charge is -2.17. The van der Waals surface area contributed by atoms with Gasteiger partial charge >= 0.3 is 0 Å². The maximum atomic E-state index is 5.53. The first-order valence-electron chi connectivity index (χ1n) is 7.83. The Hall–Kier alpha value is 0.0938. The van der Waals surface area contributed by atoms with Crippen molar-refractivity contribution < 1.29 is 0 Å². The summed E-state index contributed by atoms with van der Waals surface area (Å²) in [5.74, 6) is 1.03. The molecule has 0 heterocycles. The van der Waals surface area contributed by atoms with E-state index in [-0.39, 0.29) is 0 Å². The molecule has 118 valence electrons. The molecule has 0 unspecified atom stereocenters. The molecule has 0 atom stereocenters. The Bertz CT molecular complexity index is 470. The monoisotopic (exact) mass is 354 g/mol. The van der Waals surface area contributed by atoms with Gasteiger partial charge in [0.25, 0.3) is 0 Å². The van der Waals surface area contributed by atoms with E-state index >= 15 is 0 Å². The molecule has 4 heteroatoms. The van der Waals surface area contributed by atoms with E-state index in [2.05, 4.69) is 63.5 Å². The Morgan fingerprint density at radius 1 is 1.10 bits per heavy atom. The zero-order chi connectivity index (χ0) is 16.1. The van der Waals surface area contributed by atoms with E-state index in [1.54, 1.807) is 5.19 Å². The highest BCUT2D eigenvalue weighted by atomic mass is 32.2. The van der Waals surface area contributed by atoms with Crippen LogP contribution < -0.4 is 5.19 Å². The third-order valence-electron chi connectivity index (χ3n) is 3.50. The first-order valence-corrected chi connectivity index (χ1v) is 16.4. The van der Waals surface area contributed by atoms with Crippen molar-refractivity contribution in [3.8, 4) is 0 Å². The van der Waals surface area contributed by atoms with Gasteiger partial charge in [0, 0.05) is 18.0 Å². The molecule has 0 radical (unpaired) electrons. The molecular weight excluding hydrogens is 324 g/mol. The molecule has 0 aliphatic rings. The quantitative estimate of drug-likeness (QED) is 0.441. The van der Waals surface area contributed by atoms with E-state index < -0.39 is 16.1 Å². The second-order valence-electron chi connectivity index (χ2n) is 8.03. The normalized spacial score (nSPS) is 12.5. The standard InChI is InChI=1S/C17H30S2Si2/c1-20(2,3)12-8-11-17(18)19-14-15-9-7-10-16(13-15)21(4,5)6/h7,9-10,13H,8,11-12,14H2,1-6H3. The summed E-state index contributed by atoms with van der Waals surface area (Å²) in [5.41, 5.74) is 1.42. The topological polar surface area (TPSA) is 0 Å². The summed E-state index contributed by atoms with van der Waals surface area (Å²) in [6.07, 6.45) is 2.38. The van der Waals surface area contributed by atoms with Gasteiger partial charge in [-0.3, -0.25) is 0 Å². The smallest absolute Gasteiger partial charge is 0.0776 e. The highest BCUT2D eigenvalue weighted by Crippen LogP contribution is 2.20. The first-order chi connectivity index (χ1) is 9.58. The highest BCUT2D eigenvalue weighted by Gasteiger charge is 2.16. The molecule has 0 aliphatic heterocycles. The summed E-state index contributed by atoms with van der Waals surface area (Å²) in [5, 5.41) is 1.55. The van der Waals surface area contributed by atoms with Crippen LogP contribution in [0.5, 0.6) is 0 Å². The van der Waals surface area contributed by atoms with Gasteiger partial charge in [0.1, 0.15) is 0 Å². The van der Waals surface area contributed by atoms with Gasteiger partial charge in [-0.2, -0.15) is 0 Å². The zero-order valence-electron chi connectivity index (χ0n) is 14.5. The summed E-state index contributed by atoms with van der Waals surface area (Å²) in [6, 6.07) is 10.5. The second kappa shape index (κ2) is 8.09. The van der Waals surface area contributed by atoms with Gasteiger partial charge < -0.3 is 0 Å². The van der Waals surface area contributed by atoms with Crippen molar-refractivity contribution in [1.82, 2.24) is 0 Å². The van der Waals surface area contributed by atoms with Crippen molar-refractivity contribution in [3.05, 3.63) is 29.8 Å². The van der Waals surface area contributed by atoms with Crippen LogP contribution in [-0.4, -0.2) is 20.3 Å². The van der Waals surface area contributed by atoms with Crippen molar-refractivity contribution in [3.63, 3.8) is 0 Å². The molecule has 1 aromatic rings. The second-order valence-corrected chi connectivity index (χ2v) is 20.5. The summed E-state index contributed by atoms with van der Waals surface area (Å²) < 4.78 is 1.19.